The van der Waals surface area contributed by atoms with Crippen molar-refractivity contribution >= 4 is 62.2 Å². The van der Waals surface area contributed by atoms with Crippen LogP contribution in [0.1, 0.15) is 5.56 Å². The molecule has 26 heavy (non-hydrogen) atoms. The number of carbonyl (C=O) groups excluding carboxylic acids is 2. The number of carbonyl (C=O) groups is 2. The topological polar surface area (TPSA) is 55.8 Å². The molecule has 2 amide bonds. The second-order valence-electron chi connectivity index (χ2n) is 5.22. The van der Waals surface area contributed by atoms with Gasteiger partial charge in [-0.05, 0) is 59.8 Å². The van der Waals surface area contributed by atoms with E-state index in [0.717, 1.165) is 16.7 Å². The molecule has 1 fully saturated rings. The Morgan fingerprint density at radius 2 is 1.69 bits per heavy atom. The van der Waals surface area contributed by atoms with Gasteiger partial charge in [-0.3, -0.25) is 9.59 Å². The first-order valence-corrected chi connectivity index (χ1v) is 9.38. The molecular formula is C18H13BrClNO4S. The van der Waals surface area contributed by atoms with Gasteiger partial charge < -0.3 is 9.47 Å². The Hall–Kier alpha value is -1.96. The van der Waals surface area contributed by atoms with E-state index in [9.17, 15) is 9.59 Å². The van der Waals surface area contributed by atoms with Gasteiger partial charge >= 0.3 is 0 Å². The zero-order valence-electron chi connectivity index (χ0n) is 13.8. The van der Waals surface area contributed by atoms with Crippen LogP contribution in [0.15, 0.2) is 45.8 Å². The molecule has 0 saturated carbocycles. The molecule has 2 aromatic carbocycles. The van der Waals surface area contributed by atoms with Gasteiger partial charge in [-0.1, -0.05) is 27.5 Å². The molecule has 0 aromatic heterocycles. The van der Waals surface area contributed by atoms with Gasteiger partial charge in [-0.15, -0.1) is 0 Å². The third kappa shape index (κ3) is 3.60. The molecule has 1 aliphatic heterocycles. The van der Waals surface area contributed by atoms with E-state index >= 15 is 0 Å². The number of halogens is 2. The molecule has 8 heteroatoms. The summed E-state index contributed by atoms with van der Waals surface area (Å²) in [5, 5.41) is 0.172. The fourth-order valence-electron chi connectivity index (χ4n) is 2.40. The predicted octanol–water partition coefficient (Wildman–Crippen LogP) is 5.36. The molecule has 1 aliphatic rings. The molecule has 0 atom stereocenters. The zero-order valence-corrected chi connectivity index (χ0v) is 16.9. The molecule has 1 heterocycles. The molecule has 0 bridgehead atoms. The fourth-order valence-corrected chi connectivity index (χ4v) is 3.80. The summed E-state index contributed by atoms with van der Waals surface area (Å²) in [6.07, 6.45) is 1.65. The fraction of sp³-hybridized carbons (Fsp3) is 0.111. The molecule has 0 radical (unpaired) electrons. The van der Waals surface area contributed by atoms with Crippen LogP contribution in [0.25, 0.3) is 6.08 Å². The van der Waals surface area contributed by atoms with Crippen molar-refractivity contribution in [3.8, 4) is 11.5 Å². The number of methoxy groups -OCH3 is 2. The van der Waals surface area contributed by atoms with Crippen LogP contribution < -0.4 is 14.4 Å². The number of amides is 2. The van der Waals surface area contributed by atoms with Gasteiger partial charge in [0.25, 0.3) is 11.1 Å². The van der Waals surface area contributed by atoms with Gasteiger partial charge in [-0.2, -0.15) is 0 Å². The van der Waals surface area contributed by atoms with Crippen molar-refractivity contribution in [3.05, 3.63) is 56.4 Å². The first-order valence-electron chi connectivity index (χ1n) is 7.39. The van der Waals surface area contributed by atoms with Crippen molar-refractivity contribution in [2.75, 3.05) is 19.1 Å². The van der Waals surface area contributed by atoms with Crippen molar-refractivity contribution in [1.29, 1.82) is 0 Å². The summed E-state index contributed by atoms with van der Waals surface area (Å²) in [5.41, 5.74) is 1.18. The Morgan fingerprint density at radius 1 is 1.08 bits per heavy atom. The average molecular weight is 455 g/mol. The largest absolute Gasteiger partial charge is 0.493 e. The number of thioether (sulfide) groups is 1. The molecule has 0 unspecified atom stereocenters. The van der Waals surface area contributed by atoms with Crippen LogP contribution in [0, 0.1) is 0 Å². The van der Waals surface area contributed by atoms with E-state index in [2.05, 4.69) is 15.9 Å². The van der Waals surface area contributed by atoms with Crippen LogP contribution in [-0.4, -0.2) is 25.4 Å². The highest BCUT2D eigenvalue weighted by molar-refractivity contribution is 9.10. The molecule has 0 aliphatic carbocycles. The Balaban J connectivity index is 1.97. The highest BCUT2D eigenvalue weighted by atomic mass is 79.9. The summed E-state index contributed by atoms with van der Waals surface area (Å²) in [5.74, 6) is 0.702. The van der Waals surface area contributed by atoms with E-state index in [4.69, 9.17) is 21.1 Å². The van der Waals surface area contributed by atoms with Gasteiger partial charge in [-0.25, -0.2) is 4.90 Å². The highest BCUT2D eigenvalue weighted by Crippen LogP contribution is 2.39. The molecule has 134 valence electrons. The lowest BCUT2D eigenvalue weighted by molar-refractivity contribution is -0.113. The monoisotopic (exact) mass is 453 g/mol. The van der Waals surface area contributed by atoms with Crippen LogP contribution in [0.4, 0.5) is 10.5 Å². The van der Waals surface area contributed by atoms with E-state index in [0.29, 0.717) is 37.2 Å². The SMILES string of the molecule is COc1cc(Br)c(C=C2SC(=O)N(c3ccc(Cl)cc3)C2=O)cc1OC. The quantitative estimate of drug-likeness (QED) is 0.582. The van der Waals surface area contributed by atoms with Crippen molar-refractivity contribution in [2.45, 2.75) is 0 Å². The van der Waals surface area contributed by atoms with E-state index in [-0.39, 0.29) is 11.1 Å². The molecule has 0 N–H and O–H groups in total. The Labute approximate surface area is 168 Å². The lowest BCUT2D eigenvalue weighted by atomic mass is 10.1. The van der Waals surface area contributed by atoms with Crippen molar-refractivity contribution in [1.82, 2.24) is 0 Å². The van der Waals surface area contributed by atoms with Gasteiger partial charge in [0.05, 0.1) is 24.8 Å². The number of ether oxygens (including phenoxy) is 2. The van der Waals surface area contributed by atoms with E-state index in [1.165, 1.54) is 7.11 Å². The second kappa shape index (κ2) is 7.73. The lowest BCUT2D eigenvalue weighted by Crippen LogP contribution is -2.27. The molecule has 0 spiro atoms. The van der Waals surface area contributed by atoms with Crippen LogP contribution >= 0.6 is 39.3 Å². The number of rotatable bonds is 4. The van der Waals surface area contributed by atoms with Crippen LogP contribution in [0.3, 0.4) is 0 Å². The summed E-state index contributed by atoms with van der Waals surface area (Å²) < 4.78 is 11.2. The number of nitrogens with zero attached hydrogens (tertiary/aromatic N) is 1. The third-order valence-corrected chi connectivity index (χ3v) is 5.48. The smallest absolute Gasteiger partial charge is 0.298 e. The van der Waals surface area contributed by atoms with Crippen molar-refractivity contribution < 1.29 is 19.1 Å². The zero-order chi connectivity index (χ0) is 18.8. The van der Waals surface area contributed by atoms with E-state index in [1.807, 2.05) is 0 Å². The number of imide groups is 1. The minimum absolute atomic E-state index is 0.317. The van der Waals surface area contributed by atoms with Gasteiger partial charge in [0, 0.05) is 9.50 Å². The highest BCUT2D eigenvalue weighted by Gasteiger charge is 2.36. The van der Waals surface area contributed by atoms with Crippen LogP contribution in [-0.2, 0) is 4.79 Å². The second-order valence-corrected chi connectivity index (χ2v) is 7.51. The number of anilines is 1. The number of hydrogen-bond acceptors (Lipinski definition) is 5. The maximum absolute atomic E-state index is 12.7. The van der Waals surface area contributed by atoms with Gasteiger partial charge in [0.2, 0.25) is 0 Å². The van der Waals surface area contributed by atoms with Crippen LogP contribution in [0.5, 0.6) is 11.5 Å². The molecule has 3 rings (SSSR count). The molecule has 2 aromatic rings. The van der Waals surface area contributed by atoms with Gasteiger partial charge in [0.1, 0.15) is 0 Å². The third-order valence-electron chi connectivity index (χ3n) is 3.67. The Bertz CT molecular complexity index is 914. The Morgan fingerprint density at radius 3 is 2.31 bits per heavy atom. The van der Waals surface area contributed by atoms with Crippen molar-refractivity contribution in [3.63, 3.8) is 0 Å². The molecular weight excluding hydrogens is 442 g/mol. The van der Waals surface area contributed by atoms with Gasteiger partial charge in [0.15, 0.2) is 11.5 Å². The normalized spacial score (nSPS) is 15.7. The Kier molecular flexibility index (Phi) is 5.60. The van der Waals surface area contributed by atoms with E-state index < -0.39 is 0 Å². The molecule has 1 saturated heterocycles. The summed E-state index contributed by atoms with van der Waals surface area (Å²) in [4.78, 5) is 26.5. The van der Waals surface area contributed by atoms with E-state index in [1.54, 1.807) is 49.6 Å². The average Bonchev–Trinajstić information content (AvgIpc) is 2.90. The van der Waals surface area contributed by atoms with Crippen molar-refractivity contribution in [2.24, 2.45) is 0 Å². The maximum Gasteiger partial charge on any atom is 0.298 e. The van der Waals surface area contributed by atoms with Crippen LogP contribution in [0.2, 0.25) is 5.02 Å². The summed E-state index contributed by atoms with van der Waals surface area (Å²) in [6.45, 7) is 0. The number of benzene rings is 2. The first-order chi connectivity index (χ1) is 12.4. The summed E-state index contributed by atoms with van der Waals surface area (Å²) in [7, 11) is 3.07. The standard InChI is InChI=1S/C18H13BrClNO4S/c1-24-14-7-10(13(19)9-15(14)25-2)8-16-17(22)21(18(23)26-16)12-5-3-11(20)4-6-12/h3-9H,1-2H3. The summed E-state index contributed by atoms with van der Waals surface area (Å²) in [6, 6.07) is 10.0. The first kappa shape index (κ1) is 18.8. The lowest BCUT2D eigenvalue weighted by Gasteiger charge is -2.12. The summed E-state index contributed by atoms with van der Waals surface area (Å²) >= 11 is 10.2. The predicted molar refractivity (Wildman–Crippen MR) is 107 cm³/mol. The molecule has 5 nitrogen and oxygen atoms in total. The minimum Gasteiger partial charge on any atom is -0.493 e. The number of hydrogen-bond donors (Lipinski definition) is 0. The minimum atomic E-state index is -0.385. The maximum atomic E-state index is 12.7.